The molecule has 0 aromatic heterocycles. The Labute approximate surface area is 204 Å². The second kappa shape index (κ2) is 11.6. The smallest absolute Gasteiger partial charge is 0.329 e. The van der Waals surface area contributed by atoms with Crippen molar-refractivity contribution in [2.45, 2.75) is 37.9 Å². The van der Waals surface area contributed by atoms with Crippen LogP contribution in [-0.2, 0) is 25.6 Å². The normalized spacial score (nSPS) is 18.7. The molecule has 2 aliphatic heterocycles. The topological polar surface area (TPSA) is 127 Å². The minimum atomic E-state index is -0.987. The average molecular weight is 479 g/mol. The Bertz CT molecular complexity index is 1080. The molecular formula is C26H30N4O5. The summed E-state index contributed by atoms with van der Waals surface area (Å²) in [6.07, 6.45) is 1.65. The summed E-state index contributed by atoms with van der Waals surface area (Å²) in [7, 11) is 0. The molecule has 3 N–H and O–H groups in total. The van der Waals surface area contributed by atoms with E-state index in [-0.39, 0.29) is 18.6 Å². The molecule has 2 aromatic rings. The van der Waals surface area contributed by atoms with E-state index in [0.717, 1.165) is 17.5 Å². The van der Waals surface area contributed by atoms with Crippen molar-refractivity contribution in [2.24, 2.45) is 15.9 Å². The lowest BCUT2D eigenvalue weighted by molar-refractivity contribution is -0.149. The standard InChI is InChI=1S/C26H30N4O5/c27-25(28-13-10-18-4-2-1-3-5-18)20-8-6-19(7-9-20)22-16-23(35-29-22)26(33)30-14-11-21(12-15-30)34-17-24(31)32/h1-9,21,23H,10-17H2,(H2,27,28)(H,31,32). The summed E-state index contributed by atoms with van der Waals surface area (Å²) >= 11 is 0. The van der Waals surface area contributed by atoms with Crippen LogP contribution >= 0.6 is 0 Å². The third-order valence-corrected chi connectivity index (χ3v) is 6.18. The van der Waals surface area contributed by atoms with Crippen LogP contribution < -0.4 is 5.73 Å². The van der Waals surface area contributed by atoms with Crippen molar-refractivity contribution in [1.82, 2.24) is 4.90 Å². The van der Waals surface area contributed by atoms with E-state index in [0.29, 0.717) is 50.4 Å². The number of ether oxygens (including phenoxy) is 1. The highest BCUT2D eigenvalue weighted by molar-refractivity contribution is 6.05. The molecule has 0 saturated carbocycles. The van der Waals surface area contributed by atoms with Gasteiger partial charge in [0.1, 0.15) is 12.4 Å². The Morgan fingerprint density at radius 3 is 2.51 bits per heavy atom. The molecule has 0 radical (unpaired) electrons. The first-order valence-corrected chi connectivity index (χ1v) is 11.8. The van der Waals surface area contributed by atoms with Crippen LogP contribution in [0.15, 0.2) is 64.7 Å². The second-order valence-corrected chi connectivity index (χ2v) is 8.65. The molecule has 1 unspecified atom stereocenters. The van der Waals surface area contributed by atoms with Crippen molar-refractivity contribution in [2.75, 3.05) is 26.2 Å². The Hall–Kier alpha value is -3.72. The predicted molar refractivity (Wildman–Crippen MR) is 131 cm³/mol. The highest BCUT2D eigenvalue weighted by Crippen LogP contribution is 2.22. The zero-order valence-electron chi connectivity index (χ0n) is 19.5. The van der Waals surface area contributed by atoms with Crippen molar-refractivity contribution in [3.05, 3.63) is 71.3 Å². The van der Waals surface area contributed by atoms with Gasteiger partial charge in [-0.05, 0) is 30.4 Å². The molecule has 1 amide bonds. The van der Waals surface area contributed by atoms with E-state index in [9.17, 15) is 9.59 Å². The third-order valence-electron chi connectivity index (χ3n) is 6.18. The summed E-state index contributed by atoms with van der Waals surface area (Å²) in [5.74, 6) is -0.605. The van der Waals surface area contributed by atoms with E-state index < -0.39 is 12.1 Å². The number of aliphatic carboxylic acids is 1. The van der Waals surface area contributed by atoms with Gasteiger partial charge < -0.3 is 25.3 Å². The number of hydrogen-bond acceptors (Lipinski definition) is 6. The minimum absolute atomic E-state index is 0.105. The molecule has 2 heterocycles. The van der Waals surface area contributed by atoms with Gasteiger partial charge in [0.15, 0.2) is 0 Å². The van der Waals surface area contributed by atoms with E-state index in [2.05, 4.69) is 22.3 Å². The van der Waals surface area contributed by atoms with Crippen LogP contribution in [0.3, 0.4) is 0 Å². The monoisotopic (exact) mass is 478 g/mol. The van der Waals surface area contributed by atoms with Gasteiger partial charge in [0.25, 0.3) is 5.91 Å². The Kier molecular flexibility index (Phi) is 8.10. The van der Waals surface area contributed by atoms with Gasteiger partial charge in [0.05, 0.1) is 11.8 Å². The minimum Gasteiger partial charge on any atom is -0.480 e. The average Bonchev–Trinajstić information content (AvgIpc) is 3.38. The molecule has 1 atom stereocenters. The van der Waals surface area contributed by atoms with Crippen LogP contribution in [0.1, 0.15) is 36.0 Å². The summed E-state index contributed by atoms with van der Waals surface area (Å²) < 4.78 is 5.33. The van der Waals surface area contributed by atoms with Crippen LogP contribution in [-0.4, -0.2) is 71.9 Å². The molecule has 1 fully saturated rings. The summed E-state index contributed by atoms with van der Waals surface area (Å²) in [4.78, 5) is 35.2. The van der Waals surface area contributed by atoms with Gasteiger partial charge in [-0.3, -0.25) is 9.79 Å². The van der Waals surface area contributed by atoms with E-state index in [1.807, 2.05) is 42.5 Å². The SMILES string of the molecule is NC(=NCCc1ccccc1)c1ccc(C2=NOC(C(=O)N3CCC(OCC(=O)O)CC3)C2)cc1. The zero-order chi connectivity index (χ0) is 24.6. The lowest BCUT2D eigenvalue weighted by Crippen LogP contribution is -2.45. The number of amidine groups is 1. The van der Waals surface area contributed by atoms with Crippen molar-refractivity contribution in [1.29, 1.82) is 0 Å². The molecular weight excluding hydrogens is 448 g/mol. The molecule has 0 bridgehead atoms. The number of piperidine rings is 1. The maximum atomic E-state index is 12.9. The first-order valence-electron chi connectivity index (χ1n) is 11.8. The maximum Gasteiger partial charge on any atom is 0.329 e. The molecule has 9 nitrogen and oxygen atoms in total. The van der Waals surface area contributed by atoms with Gasteiger partial charge in [-0.15, -0.1) is 0 Å². The van der Waals surface area contributed by atoms with Crippen LogP contribution in [0.5, 0.6) is 0 Å². The van der Waals surface area contributed by atoms with E-state index in [4.69, 9.17) is 20.4 Å². The van der Waals surface area contributed by atoms with Gasteiger partial charge in [-0.2, -0.15) is 0 Å². The Balaban J connectivity index is 1.25. The van der Waals surface area contributed by atoms with Gasteiger partial charge >= 0.3 is 5.97 Å². The third kappa shape index (κ3) is 6.66. The Morgan fingerprint density at radius 2 is 1.83 bits per heavy atom. The van der Waals surface area contributed by atoms with Gasteiger partial charge in [0, 0.05) is 31.6 Å². The van der Waals surface area contributed by atoms with Crippen LogP contribution in [0.25, 0.3) is 0 Å². The molecule has 2 aromatic carbocycles. The van der Waals surface area contributed by atoms with Crippen molar-refractivity contribution in [3.8, 4) is 0 Å². The molecule has 184 valence electrons. The quantitative estimate of drug-likeness (QED) is 0.420. The zero-order valence-corrected chi connectivity index (χ0v) is 19.5. The molecule has 35 heavy (non-hydrogen) atoms. The lowest BCUT2D eigenvalue weighted by Gasteiger charge is -2.32. The van der Waals surface area contributed by atoms with Gasteiger partial charge in [-0.1, -0.05) is 59.8 Å². The van der Waals surface area contributed by atoms with Gasteiger partial charge in [0.2, 0.25) is 6.10 Å². The number of nitrogens with zero attached hydrogens (tertiary/aromatic N) is 3. The highest BCUT2D eigenvalue weighted by Gasteiger charge is 2.34. The predicted octanol–water partition coefficient (Wildman–Crippen LogP) is 2.22. The first kappa shape index (κ1) is 24.4. The van der Waals surface area contributed by atoms with Crippen molar-refractivity contribution in [3.63, 3.8) is 0 Å². The van der Waals surface area contributed by atoms with Crippen molar-refractivity contribution >= 4 is 23.4 Å². The number of likely N-dealkylation sites (tertiary alicyclic amines) is 1. The fourth-order valence-electron chi connectivity index (χ4n) is 4.19. The van der Waals surface area contributed by atoms with E-state index >= 15 is 0 Å². The molecule has 0 aliphatic carbocycles. The lowest BCUT2D eigenvalue weighted by atomic mass is 10.0. The number of carbonyl (C=O) groups excluding carboxylic acids is 1. The number of benzene rings is 2. The summed E-state index contributed by atoms with van der Waals surface area (Å²) in [6, 6.07) is 17.8. The van der Waals surface area contributed by atoms with Crippen LogP contribution in [0, 0.1) is 0 Å². The molecule has 0 spiro atoms. The Morgan fingerprint density at radius 1 is 1.11 bits per heavy atom. The molecule has 9 heteroatoms. The largest absolute Gasteiger partial charge is 0.480 e. The summed E-state index contributed by atoms with van der Waals surface area (Å²) in [5.41, 5.74) is 9.81. The molecule has 1 saturated heterocycles. The van der Waals surface area contributed by atoms with Gasteiger partial charge in [-0.25, -0.2) is 4.79 Å². The van der Waals surface area contributed by atoms with Crippen LogP contribution in [0.4, 0.5) is 0 Å². The van der Waals surface area contributed by atoms with E-state index in [1.54, 1.807) is 4.90 Å². The first-order chi connectivity index (χ1) is 17.0. The number of aliphatic imine (C=N–C) groups is 1. The maximum absolute atomic E-state index is 12.9. The number of carboxylic acids is 1. The fraction of sp³-hybridized carbons (Fsp3) is 0.385. The number of hydrogen-bond donors (Lipinski definition) is 2. The number of rotatable bonds is 9. The van der Waals surface area contributed by atoms with Crippen LogP contribution in [0.2, 0.25) is 0 Å². The highest BCUT2D eigenvalue weighted by atomic mass is 16.6. The summed E-state index contributed by atoms with van der Waals surface area (Å²) in [6.45, 7) is 1.32. The molecule has 2 aliphatic rings. The summed E-state index contributed by atoms with van der Waals surface area (Å²) in [5, 5.41) is 12.9. The number of amides is 1. The number of nitrogens with two attached hydrogens (primary N) is 1. The second-order valence-electron chi connectivity index (χ2n) is 8.65. The molecule has 4 rings (SSSR count). The fourth-order valence-corrected chi connectivity index (χ4v) is 4.19. The van der Waals surface area contributed by atoms with Crippen molar-refractivity contribution < 1.29 is 24.3 Å². The number of carboxylic acid groups (broad SMARTS) is 1. The number of carbonyl (C=O) groups is 2. The van der Waals surface area contributed by atoms with E-state index in [1.165, 1.54) is 5.56 Å². The number of oxime groups is 1.